The van der Waals surface area contributed by atoms with E-state index >= 15 is 0 Å². The number of para-hydroxylation sites is 2. The molecule has 1 heterocycles. The molecule has 1 aliphatic heterocycles. The predicted molar refractivity (Wildman–Crippen MR) is 144 cm³/mol. The van der Waals surface area contributed by atoms with Gasteiger partial charge in [0.05, 0.1) is 36.1 Å². The van der Waals surface area contributed by atoms with Crippen LogP contribution in [0.3, 0.4) is 0 Å². The number of nitrogens with one attached hydrogen (secondary N) is 2. The van der Waals surface area contributed by atoms with Crippen LogP contribution in [0.5, 0.6) is 11.5 Å². The summed E-state index contributed by atoms with van der Waals surface area (Å²) in [4.78, 5) is 13.8. The largest absolute Gasteiger partial charge is 0.496 e. The lowest BCUT2D eigenvalue weighted by Crippen LogP contribution is -2.27. The third kappa shape index (κ3) is 4.43. The molecule has 5 nitrogen and oxygen atoms in total. The van der Waals surface area contributed by atoms with Gasteiger partial charge >= 0.3 is 0 Å². The minimum Gasteiger partial charge on any atom is -0.496 e. The van der Waals surface area contributed by atoms with Crippen LogP contribution in [0.2, 0.25) is 0 Å². The van der Waals surface area contributed by atoms with Gasteiger partial charge in [0, 0.05) is 23.3 Å². The number of methoxy groups -OCH3 is 2. The Bertz CT molecular complexity index is 1300. The van der Waals surface area contributed by atoms with Gasteiger partial charge in [0.1, 0.15) is 11.5 Å². The summed E-state index contributed by atoms with van der Waals surface area (Å²) in [6.07, 6.45) is 2.23. The molecule has 0 saturated heterocycles. The van der Waals surface area contributed by atoms with Crippen LogP contribution in [0.4, 0.5) is 11.4 Å². The number of hydrogen-bond donors (Lipinski definition) is 2. The van der Waals surface area contributed by atoms with Crippen LogP contribution in [0.25, 0.3) is 0 Å². The van der Waals surface area contributed by atoms with Gasteiger partial charge in [-0.2, -0.15) is 0 Å². The van der Waals surface area contributed by atoms with Crippen LogP contribution >= 0.6 is 15.9 Å². The molecular formula is C29H29BrN2O3. The second-order valence-electron chi connectivity index (χ2n) is 8.99. The molecule has 0 amide bonds. The van der Waals surface area contributed by atoms with Crippen molar-refractivity contribution in [3.05, 3.63) is 93.1 Å². The Morgan fingerprint density at radius 3 is 2.34 bits per heavy atom. The van der Waals surface area contributed by atoms with Gasteiger partial charge in [-0.1, -0.05) is 43.3 Å². The quantitative estimate of drug-likeness (QED) is 0.370. The number of fused-ring (bicyclic) bond motifs is 1. The Balaban J connectivity index is 1.63. The number of aryl methyl sites for hydroxylation is 1. The number of ether oxygens (including phenoxy) is 2. The van der Waals surface area contributed by atoms with Crippen molar-refractivity contribution < 1.29 is 14.3 Å². The third-order valence-electron chi connectivity index (χ3n) is 6.98. The highest BCUT2D eigenvalue weighted by Crippen LogP contribution is 2.47. The van der Waals surface area contributed by atoms with Gasteiger partial charge in [-0.3, -0.25) is 4.79 Å². The predicted octanol–water partition coefficient (Wildman–Crippen LogP) is 7.01. The molecule has 0 spiro atoms. The zero-order valence-electron chi connectivity index (χ0n) is 20.2. The second kappa shape index (κ2) is 9.78. The van der Waals surface area contributed by atoms with Crippen LogP contribution in [0.15, 0.2) is 76.4 Å². The lowest BCUT2D eigenvalue weighted by molar-refractivity contribution is -0.116. The fourth-order valence-corrected chi connectivity index (χ4v) is 5.58. The molecule has 35 heavy (non-hydrogen) atoms. The van der Waals surface area contributed by atoms with Crippen molar-refractivity contribution in [3.63, 3.8) is 0 Å². The molecule has 5 rings (SSSR count). The number of halogens is 1. The zero-order chi connectivity index (χ0) is 24.5. The van der Waals surface area contributed by atoms with Crippen molar-refractivity contribution >= 4 is 33.1 Å². The number of rotatable bonds is 5. The molecule has 0 saturated carbocycles. The standard InChI is InChI=1S/C29H29BrN2O3/c1-4-17-9-11-18(12-10-17)19-13-24-28(25(33)14-19)29(32-23-8-6-5-7-22(23)31-24)20-15-27(35-3)21(30)16-26(20)34-2/h5-12,15-16,19,29,31-32H,4,13-14H2,1-3H3. The molecular weight excluding hydrogens is 504 g/mol. The molecule has 0 radical (unpaired) electrons. The summed E-state index contributed by atoms with van der Waals surface area (Å²) >= 11 is 3.56. The van der Waals surface area contributed by atoms with Crippen molar-refractivity contribution in [1.29, 1.82) is 0 Å². The topological polar surface area (TPSA) is 59.6 Å². The summed E-state index contributed by atoms with van der Waals surface area (Å²) < 4.78 is 12.1. The first-order valence-electron chi connectivity index (χ1n) is 11.9. The molecule has 180 valence electrons. The first kappa shape index (κ1) is 23.5. The van der Waals surface area contributed by atoms with E-state index in [4.69, 9.17) is 9.47 Å². The van der Waals surface area contributed by atoms with Crippen molar-refractivity contribution in [3.8, 4) is 11.5 Å². The summed E-state index contributed by atoms with van der Waals surface area (Å²) in [5.41, 5.74) is 6.97. The second-order valence-corrected chi connectivity index (χ2v) is 9.85. The SMILES string of the molecule is CCc1ccc(C2CC(=O)C3=C(C2)Nc2ccccc2NC3c2cc(OC)c(Br)cc2OC)cc1. The molecule has 2 atom stereocenters. The number of allylic oxidation sites excluding steroid dienone is 1. The van der Waals surface area contributed by atoms with E-state index in [1.54, 1.807) is 14.2 Å². The highest BCUT2D eigenvalue weighted by Gasteiger charge is 2.37. The Morgan fingerprint density at radius 2 is 1.66 bits per heavy atom. The van der Waals surface area contributed by atoms with Crippen LogP contribution in [0, 0.1) is 0 Å². The number of ketones is 1. The highest BCUT2D eigenvalue weighted by atomic mass is 79.9. The maximum atomic E-state index is 13.8. The molecule has 6 heteroatoms. The van der Waals surface area contributed by atoms with E-state index in [9.17, 15) is 4.79 Å². The number of anilines is 2. The fourth-order valence-electron chi connectivity index (χ4n) is 5.10. The van der Waals surface area contributed by atoms with E-state index in [1.165, 1.54) is 11.1 Å². The van der Waals surface area contributed by atoms with Gasteiger partial charge in [-0.25, -0.2) is 0 Å². The summed E-state index contributed by atoms with van der Waals surface area (Å²) in [5.74, 6) is 1.64. The van der Waals surface area contributed by atoms with E-state index in [2.05, 4.69) is 57.8 Å². The summed E-state index contributed by atoms with van der Waals surface area (Å²) in [5, 5.41) is 7.23. The maximum Gasteiger partial charge on any atom is 0.163 e. The van der Waals surface area contributed by atoms with Crippen LogP contribution in [-0.4, -0.2) is 20.0 Å². The lowest BCUT2D eigenvalue weighted by atomic mass is 9.78. The Morgan fingerprint density at radius 1 is 0.943 bits per heavy atom. The van der Waals surface area contributed by atoms with Crippen LogP contribution in [0.1, 0.15) is 48.4 Å². The Kier molecular flexibility index (Phi) is 6.56. The molecule has 3 aromatic rings. The van der Waals surface area contributed by atoms with Crippen molar-refractivity contribution in [2.75, 3.05) is 24.9 Å². The Labute approximate surface area is 214 Å². The monoisotopic (exact) mass is 532 g/mol. The van der Waals surface area contributed by atoms with Gasteiger partial charge in [0.25, 0.3) is 0 Å². The summed E-state index contributed by atoms with van der Waals surface area (Å²) in [6, 6.07) is 20.2. The summed E-state index contributed by atoms with van der Waals surface area (Å²) in [6.45, 7) is 2.15. The number of Topliss-reactive ketones (excluding diaryl/α,β-unsaturated/α-hetero) is 1. The average Bonchev–Trinajstić information content (AvgIpc) is 3.05. The zero-order valence-corrected chi connectivity index (χ0v) is 21.7. The van der Waals surface area contributed by atoms with E-state index in [1.807, 2.05) is 36.4 Å². The first-order chi connectivity index (χ1) is 17.0. The summed E-state index contributed by atoms with van der Waals surface area (Å²) in [7, 11) is 3.28. The average molecular weight is 533 g/mol. The molecule has 2 N–H and O–H groups in total. The van der Waals surface area contributed by atoms with Gasteiger partial charge < -0.3 is 20.1 Å². The molecule has 0 aromatic heterocycles. The van der Waals surface area contributed by atoms with Gasteiger partial charge in [0.15, 0.2) is 5.78 Å². The third-order valence-corrected chi connectivity index (χ3v) is 7.60. The molecule has 0 bridgehead atoms. The number of carbonyl (C=O) groups excluding carboxylic acids is 1. The van der Waals surface area contributed by atoms with E-state index in [0.29, 0.717) is 17.9 Å². The lowest BCUT2D eigenvalue weighted by Gasteiger charge is -2.30. The normalized spacial score (nSPS) is 19.1. The number of hydrogen-bond acceptors (Lipinski definition) is 5. The van der Waals surface area contributed by atoms with Crippen molar-refractivity contribution in [2.45, 2.75) is 38.1 Å². The Hall–Kier alpha value is -3.25. The van der Waals surface area contributed by atoms with Gasteiger partial charge in [0.2, 0.25) is 0 Å². The first-order valence-corrected chi connectivity index (χ1v) is 12.7. The number of benzene rings is 3. The highest BCUT2D eigenvalue weighted by molar-refractivity contribution is 9.10. The maximum absolute atomic E-state index is 13.8. The van der Waals surface area contributed by atoms with Gasteiger partial charge in [-0.15, -0.1) is 0 Å². The molecule has 2 aliphatic rings. The fraction of sp³-hybridized carbons (Fsp3) is 0.276. The van der Waals surface area contributed by atoms with Crippen molar-refractivity contribution in [2.24, 2.45) is 0 Å². The van der Waals surface area contributed by atoms with E-state index < -0.39 is 0 Å². The molecule has 2 unspecified atom stereocenters. The van der Waals surface area contributed by atoms with E-state index in [0.717, 1.165) is 45.5 Å². The van der Waals surface area contributed by atoms with Crippen LogP contribution in [-0.2, 0) is 11.2 Å². The van der Waals surface area contributed by atoms with E-state index in [-0.39, 0.29) is 17.7 Å². The minimum atomic E-state index is -0.381. The number of carbonyl (C=O) groups is 1. The van der Waals surface area contributed by atoms with Gasteiger partial charge in [-0.05, 0) is 70.1 Å². The molecule has 3 aromatic carbocycles. The minimum absolute atomic E-state index is 0.131. The van der Waals surface area contributed by atoms with Crippen molar-refractivity contribution in [1.82, 2.24) is 0 Å². The smallest absolute Gasteiger partial charge is 0.163 e. The van der Waals surface area contributed by atoms with Crippen LogP contribution < -0.4 is 20.1 Å². The molecule has 0 fully saturated rings. The molecule has 1 aliphatic carbocycles.